The van der Waals surface area contributed by atoms with Crippen molar-refractivity contribution in [3.05, 3.63) is 158 Å². The number of benzene rings is 8. The summed E-state index contributed by atoms with van der Waals surface area (Å²) in [5, 5.41) is 13.5. The molecule has 8 aromatic carbocycles. The van der Waals surface area contributed by atoms with Crippen LogP contribution >= 0.6 is 0 Å². The summed E-state index contributed by atoms with van der Waals surface area (Å²) in [7, 11) is 0. The third-order valence-corrected chi connectivity index (χ3v) is 8.85. The van der Waals surface area contributed by atoms with Crippen LogP contribution in [0, 0.1) is 0 Å². The van der Waals surface area contributed by atoms with Gasteiger partial charge in [0.15, 0.2) is 0 Å². The van der Waals surface area contributed by atoms with Crippen LogP contribution in [0.4, 0.5) is 11.4 Å². The zero-order valence-electron chi connectivity index (χ0n) is 23.9. The van der Waals surface area contributed by atoms with E-state index in [0.717, 1.165) is 44.4 Å². The molecule has 1 aromatic heterocycles. The lowest BCUT2D eigenvalue weighted by atomic mass is 9.89. The van der Waals surface area contributed by atoms with Crippen molar-refractivity contribution in [2.75, 3.05) is 5.32 Å². The predicted octanol–water partition coefficient (Wildman–Crippen LogP) is 12.1. The van der Waals surface area contributed by atoms with Crippen LogP contribution < -0.4 is 5.32 Å². The third-order valence-electron chi connectivity index (χ3n) is 8.85. The molecule has 0 radical (unpaired) electrons. The molecule has 0 unspecified atom stereocenters. The Labute approximate surface area is 254 Å². The highest BCUT2D eigenvalue weighted by molar-refractivity contribution is 6.21. The molecule has 0 bridgehead atoms. The molecule has 9 aromatic rings. The summed E-state index contributed by atoms with van der Waals surface area (Å²) in [6.45, 7) is 0. The fraction of sp³-hybridized carbons (Fsp3) is 0. The molecule has 0 atom stereocenters. The van der Waals surface area contributed by atoms with Crippen molar-refractivity contribution in [3.63, 3.8) is 0 Å². The van der Waals surface area contributed by atoms with Crippen molar-refractivity contribution in [3.8, 4) is 22.3 Å². The minimum absolute atomic E-state index is 0.897. The van der Waals surface area contributed by atoms with Gasteiger partial charge >= 0.3 is 0 Å². The first-order valence-corrected chi connectivity index (χ1v) is 15.0. The normalized spacial score (nSPS) is 11.6. The SMILES string of the molecule is c1ccc(-c2ccc3c(c2)oc2ccccc23)c(Nc2c3ccccc3c(-c3ccc4ccccc4c3)c3ccccc23)c1. The van der Waals surface area contributed by atoms with E-state index < -0.39 is 0 Å². The highest BCUT2D eigenvalue weighted by Crippen LogP contribution is 2.44. The number of fused-ring (bicyclic) bond motifs is 6. The Kier molecular flexibility index (Phi) is 5.54. The molecule has 2 nitrogen and oxygen atoms in total. The monoisotopic (exact) mass is 561 g/mol. The van der Waals surface area contributed by atoms with E-state index in [1.54, 1.807) is 0 Å². The molecule has 2 heteroatoms. The average molecular weight is 562 g/mol. The fourth-order valence-electron chi connectivity index (χ4n) is 6.79. The topological polar surface area (TPSA) is 25.2 Å². The molecule has 44 heavy (non-hydrogen) atoms. The van der Waals surface area contributed by atoms with E-state index in [1.165, 1.54) is 43.4 Å². The second kappa shape index (κ2) is 9.86. The molecule has 0 aliphatic heterocycles. The van der Waals surface area contributed by atoms with Crippen LogP contribution in [-0.2, 0) is 0 Å². The minimum atomic E-state index is 0.897. The van der Waals surface area contributed by atoms with Crippen LogP contribution in [0.5, 0.6) is 0 Å². The smallest absolute Gasteiger partial charge is 0.136 e. The van der Waals surface area contributed by atoms with Gasteiger partial charge in [-0.25, -0.2) is 0 Å². The van der Waals surface area contributed by atoms with Crippen LogP contribution in [0.2, 0.25) is 0 Å². The summed E-state index contributed by atoms with van der Waals surface area (Å²) in [5.74, 6) is 0. The Bertz CT molecular complexity index is 2480. The van der Waals surface area contributed by atoms with E-state index in [9.17, 15) is 0 Å². The van der Waals surface area contributed by atoms with Crippen LogP contribution in [0.25, 0.3) is 76.5 Å². The molecular weight excluding hydrogens is 534 g/mol. The molecule has 0 spiro atoms. The Morgan fingerprint density at radius 1 is 0.386 bits per heavy atom. The van der Waals surface area contributed by atoms with Gasteiger partial charge in [-0.3, -0.25) is 0 Å². The van der Waals surface area contributed by atoms with Crippen molar-refractivity contribution < 1.29 is 4.42 Å². The molecule has 1 N–H and O–H groups in total. The van der Waals surface area contributed by atoms with Gasteiger partial charge in [0.05, 0.1) is 5.69 Å². The quantitative estimate of drug-likeness (QED) is 0.216. The molecule has 1 heterocycles. The van der Waals surface area contributed by atoms with Crippen molar-refractivity contribution in [2.24, 2.45) is 0 Å². The summed E-state index contributed by atoms with van der Waals surface area (Å²) >= 11 is 0. The fourth-order valence-corrected chi connectivity index (χ4v) is 6.79. The van der Waals surface area contributed by atoms with E-state index in [0.29, 0.717) is 0 Å². The van der Waals surface area contributed by atoms with Gasteiger partial charge in [0, 0.05) is 32.8 Å². The summed E-state index contributed by atoms with van der Waals surface area (Å²) < 4.78 is 6.25. The van der Waals surface area contributed by atoms with Gasteiger partial charge in [-0.15, -0.1) is 0 Å². The summed E-state index contributed by atoms with van der Waals surface area (Å²) in [6, 6.07) is 56.2. The maximum Gasteiger partial charge on any atom is 0.136 e. The van der Waals surface area contributed by atoms with E-state index in [1.807, 2.05) is 12.1 Å². The predicted molar refractivity (Wildman–Crippen MR) is 187 cm³/mol. The number of anilines is 2. The van der Waals surface area contributed by atoms with Gasteiger partial charge in [-0.05, 0) is 68.6 Å². The third kappa shape index (κ3) is 3.89. The first kappa shape index (κ1) is 24.7. The lowest BCUT2D eigenvalue weighted by Crippen LogP contribution is -1.97. The van der Waals surface area contributed by atoms with Crippen molar-refractivity contribution in [2.45, 2.75) is 0 Å². The first-order valence-electron chi connectivity index (χ1n) is 15.0. The van der Waals surface area contributed by atoms with E-state index in [2.05, 4.69) is 151 Å². The Balaban J connectivity index is 1.24. The number of hydrogen-bond acceptors (Lipinski definition) is 2. The maximum absolute atomic E-state index is 6.25. The molecule has 0 amide bonds. The van der Waals surface area contributed by atoms with Gasteiger partial charge in [-0.1, -0.05) is 127 Å². The number of furan rings is 1. The van der Waals surface area contributed by atoms with E-state index in [4.69, 9.17) is 4.42 Å². The number of hydrogen-bond donors (Lipinski definition) is 1. The van der Waals surface area contributed by atoms with Gasteiger partial charge in [-0.2, -0.15) is 0 Å². The Morgan fingerprint density at radius 2 is 0.977 bits per heavy atom. The Hall–Kier alpha value is -5.86. The zero-order chi connectivity index (χ0) is 29.0. The largest absolute Gasteiger partial charge is 0.456 e. The van der Waals surface area contributed by atoms with E-state index >= 15 is 0 Å². The number of nitrogens with one attached hydrogen (secondary N) is 1. The van der Waals surface area contributed by atoms with Crippen LogP contribution in [-0.4, -0.2) is 0 Å². The van der Waals surface area contributed by atoms with Crippen LogP contribution in [0.15, 0.2) is 162 Å². The molecule has 9 rings (SSSR count). The molecule has 0 aliphatic carbocycles. The summed E-state index contributed by atoms with van der Waals surface area (Å²) in [6.07, 6.45) is 0. The minimum Gasteiger partial charge on any atom is -0.456 e. The highest BCUT2D eigenvalue weighted by Gasteiger charge is 2.17. The number of para-hydroxylation sites is 2. The summed E-state index contributed by atoms with van der Waals surface area (Å²) in [5.41, 5.74) is 8.69. The Morgan fingerprint density at radius 3 is 1.77 bits per heavy atom. The van der Waals surface area contributed by atoms with Gasteiger partial charge in [0.25, 0.3) is 0 Å². The van der Waals surface area contributed by atoms with Gasteiger partial charge in [0.2, 0.25) is 0 Å². The highest BCUT2D eigenvalue weighted by atomic mass is 16.3. The van der Waals surface area contributed by atoms with Crippen molar-refractivity contribution in [1.29, 1.82) is 0 Å². The lowest BCUT2D eigenvalue weighted by molar-refractivity contribution is 0.669. The first-order chi connectivity index (χ1) is 21.8. The second-order valence-corrected chi connectivity index (χ2v) is 11.4. The van der Waals surface area contributed by atoms with Gasteiger partial charge < -0.3 is 9.73 Å². The maximum atomic E-state index is 6.25. The van der Waals surface area contributed by atoms with Crippen molar-refractivity contribution >= 4 is 65.6 Å². The van der Waals surface area contributed by atoms with Gasteiger partial charge in [0.1, 0.15) is 11.2 Å². The zero-order valence-corrected chi connectivity index (χ0v) is 23.9. The second-order valence-electron chi connectivity index (χ2n) is 11.4. The van der Waals surface area contributed by atoms with E-state index in [-0.39, 0.29) is 0 Å². The molecule has 0 aliphatic rings. The van der Waals surface area contributed by atoms with Crippen LogP contribution in [0.1, 0.15) is 0 Å². The molecule has 206 valence electrons. The lowest BCUT2D eigenvalue weighted by Gasteiger charge is -2.20. The summed E-state index contributed by atoms with van der Waals surface area (Å²) in [4.78, 5) is 0. The average Bonchev–Trinajstić information content (AvgIpc) is 3.46. The number of rotatable bonds is 4. The van der Waals surface area contributed by atoms with Crippen molar-refractivity contribution in [1.82, 2.24) is 0 Å². The molecular formula is C42H27NO. The van der Waals surface area contributed by atoms with Crippen LogP contribution in [0.3, 0.4) is 0 Å². The standard InChI is InChI=1S/C42H27NO/c1-2-12-28-25-30(22-21-27(28)11-1)41-34-15-3-5-17-36(34)42(37-18-6-4-16-35(37)41)43-38-19-9-7-13-31(38)29-23-24-33-32-14-8-10-20-39(32)44-40(33)26-29/h1-26,43H. The molecule has 0 saturated carbocycles. The molecule has 0 fully saturated rings. The molecule has 0 saturated heterocycles.